The van der Waals surface area contributed by atoms with E-state index in [4.69, 9.17) is 17.5 Å². The van der Waals surface area contributed by atoms with Gasteiger partial charge in [-0.05, 0) is 59.5 Å². The molecule has 0 fully saturated rings. The molecular formula is C17H23IO4S. The average Bonchev–Trinajstić information content (AvgIpc) is 2.41. The van der Waals surface area contributed by atoms with Crippen molar-refractivity contribution in [2.75, 3.05) is 0 Å². The lowest BCUT2D eigenvalue weighted by molar-refractivity contribution is 0.381. The molecule has 0 saturated carbocycles. The molecule has 0 atom stereocenters. The molecule has 128 valence electrons. The summed E-state index contributed by atoms with van der Waals surface area (Å²) in [6.07, 6.45) is 1.19. The predicted molar refractivity (Wildman–Crippen MR) is 103 cm³/mol. The lowest BCUT2D eigenvalue weighted by Gasteiger charge is -2.03. The molecule has 0 aliphatic carbocycles. The van der Waals surface area contributed by atoms with Gasteiger partial charge in [0, 0.05) is 3.57 Å². The zero-order valence-corrected chi connectivity index (χ0v) is 16.5. The van der Waals surface area contributed by atoms with E-state index >= 15 is 0 Å². The monoisotopic (exact) mass is 450 g/mol. The van der Waals surface area contributed by atoms with Gasteiger partial charge in [-0.25, -0.2) is 0 Å². The average molecular weight is 450 g/mol. The molecule has 0 aromatic heterocycles. The Hall–Kier alpha value is -0.960. The highest BCUT2D eigenvalue weighted by atomic mass is 127. The summed E-state index contributed by atoms with van der Waals surface area (Å²) < 4.78 is 32.9. The number of hydrogen-bond acceptors (Lipinski definition) is 2. The summed E-state index contributed by atoms with van der Waals surface area (Å²) in [4.78, 5) is 0. The number of benzene rings is 2. The predicted octanol–water partition coefficient (Wildman–Crippen LogP) is 4.83. The van der Waals surface area contributed by atoms with Crippen molar-refractivity contribution in [3.8, 4) is 0 Å². The molecule has 6 heteroatoms. The maximum Gasteiger partial charge on any atom is 0.394 e. The fourth-order valence-corrected chi connectivity index (χ4v) is 1.99. The highest BCUT2D eigenvalue weighted by molar-refractivity contribution is 14.1. The van der Waals surface area contributed by atoms with Crippen LogP contribution in [-0.2, 0) is 16.8 Å². The molecule has 0 amide bonds. The van der Waals surface area contributed by atoms with Crippen molar-refractivity contribution in [3.05, 3.63) is 69.3 Å². The minimum atomic E-state index is -4.67. The third kappa shape index (κ3) is 17.2. The van der Waals surface area contributed by atoms with E-state index in [0.717, 1.165) is 5.92 Å². The van der Waals surface area contributed by atoms with Crippen molar-refractivity contribution in [2.45, 2.75) is 27.2 Å². The Kier molecular flexibility index (Phi) is 11.1. The second kappa shape index (κ2) is 11.6. The standard InChI is InChI=1S/C10H13I.C7H8.H2O4S/c1-8(2)7-9-3-5-10(11)6-4-9;1-7-5-3-2-4-6-7;1-5(2,3)4/h3-6,8H,7H2,1-2H3;2-6H,1H3;(H2,1,2,3,4). The van der Waals surface area contributed by atoms with Gasteiger partial charge in [-0.3, -0.25) is 9.11 Å². The molecule has 0 spiro atoms. The maximum absolute atomic E-state index is 8.74. The van der Waals surface area contributed by atoms with Gasteiger partial charge in [-0.2, -0.15) is 8.42 Å². The second-order valence-corrected chi connectivity index (χ2v) is 7.47. The normalized spacial score (nSPS) is 10.2. The van der Waals surface area contributed by atoms with E-state index in [0.29, 0.717) is 0 Å². The second-order valence-electron chi connectivity index (χ2n) is 5.33. The van der Waals surface area contributed by atoms with Crippen LogP contribution in [-0.4, -0.2) is 17.5 Å². The molecule has 2 aromatic rings. The molecule has 2 N–H and O–H groups in total. The molecule has 0 bridgehead atoms. The first-order chi connectivity index (χ1) is 10.6. The van der Waals surface area contributed by atoms with Gasteiger partial charge in [0.2, 0.25) is 0 Å². The first-order valence-corrected chi connectivity index (χ1v) is 9.51. The summed E-state index contributed by atoms with van der Waals surface area (Å²) in [5.74, 6) is 0.759. The SMILES string of the molecule is CC(C)Cc1ccc(I)cc1.Cc1ccccc1.O=S(=O)(O)O. The van der Waals surface area contributed by atoms with Crippen LogP contribution in [0.1, 0.15) is 25.0 Å². The van der Waals surface area contributed by atoms with Crippen molar-refractivity contribution in [3.63, 3.8) is 0 Å². The van der Waals surface area contributed by atoms with E-state index < -0.39 is 10.4 Å². The van der Waals surface area contributed by atoms with Gasteiger partial charge < -0.3 is 0 Å². The van der Waals surface area contributed by atoms with Crippen LogP contribution in [0.5, 0.6) is 0 Å². The molecule has 4 nitrogen and oxygen atoms in total. The van der Waals surface area contributed by atoms with E-state index in [1.807, 2.05) is 18.2 Å². The lowest BCUT2D eigenvalue weighted by atomic mass is 10.0. The molecular weight excluding hydrogens is 427 g/mol. The van der Waals surface area contributed by atoms with Crippen LogP contribution in [0.25, 0.3) is 0 Å². The first kappa shape index (κ1) is 22.0. The Morgan fingerprint density at radius 3 is 1.70 bits per heavy atom. The fourth-order valence-electron chi connectivity index (χ4n) is 1.63. The third-order valence-electron chi connectivity index (χ3n) is 2.50. The Labute approximate surface area is 152 Å². The van der Waals surface area contributed by atoms with Gasteiger partial charge in [0.25, 0.3) is 0 Å². The number of hydrogen-bond donors (Lipinski definition) is 2. The number of aryl methyl sites for hydroxylation is 1. The molecule has 0 aliphatic rings. The Morgan fingerprint density at radius 2 is 1.39 bits per heavy atom. The fraction of sp³-hybridized carbons (Fsp3) is 0.294. The Balaban J connectivity index is 0.000000347. The first-order valence-electron chi connectivity index (χ1n) is 7.04. The zero-order valence-electron chi connectivity index (χ0n) is 13.5. The summed E-state index contributed by atoms with van der Waals surface area (Å²) in [7, 11) is -4.67. The minimum Gasteiger partial charge on any atom is -0.264 e. The van der Waals surface area contributed by atoms with E-state index in [9.17, 15) is 0 Å². The summed E-state index contributed by atoms with van der Waals surface area (Å²) >= 11 is 2.33. The van der Waals surface area contributed by atoms with Crippen LogP contribution in [0.2, 0.25) is 0 Å². The van der Waals surface area contributed by atoms with E-state index in [-0.39, 0.29) is 0 Å². The molecule has 0 heterocycles. The van der Waals surface area contributed by atoms with E-state index in [1.165, 1.54) is 21.1 Å². The summed E-state index contributed by atoms with van der Waals surface area (Å²) in [5.41, 5.74) is 2.77. The van der Waals surface area contributed by atoms with Gasteiger partial charge >= 0.3 is 10.4 Å². The maximum atomic E-state index is 8.74. The third-order valence-corrected chi connectivity index (χ3v) is 3.22. The van der Waals surface area contributed by atoms with Crippen LogP contribution in [0.4, 0.5) is 0 Å². The van der Waals surface area contributed by atoms with Gasteiger partial charge in [0.05, 0.1) is 0 Å². The molecule has 23 heavy (non-hydrogen) atoms. The van der Waals surface area contributed by atoms with Crippen molar-refractivity contribution in [2.24, 2.45) is 5.92 Å². The highest BCUT2D eigenvalue weighted by Crippen LogP contribution is 2.10. The zero-order chi connectivity index (χ0) is 17.9. The topological polar surface area (TPSA) is 74.6 Å². The molecule has 0 aliphatic heterocycles. The van der Waals surface area contributed by atoms with Crippen LogP contribution >= 0.6 is 22.6 Å². The van der Waals surface area contributed by atoms with Gasteiger partial charge in [-0.1, -0.05) is 61.9 Å². The van der Waals surface area contributed by atoms with E-state index in [1.54, 1.807) is 0 Å². The lowest BCUT2D eigenvalue weighted by Crippen LogP contribution is -1.93. The summed E-state index contributed by atoms with van der Waals surface area (Å²) in [6.45, 7) is 6.58. The van der Waals surface area contributed by atoms with E-state index in [2.05, 4.69) is 79.8 Å². The molecule has 0 radical (unpaired) electrons. The molecule has 2 rings (SSSR count). The smallest absolute Gasteiger partial charge is 0.264 e. The Bertz CT molecular complexity index is 630. The van der Waals surface area contributed by atoms with Crippen molar-refractivity contribution in [1.29, 1.82) is 0 Å². The minimum absolute atomic E-state index is 0.759. The summed E-state index contributed by atoms with van der Waals surface area (Å²) in [5, 5.41) is 0. The van der Waals surface area contributed by atoms with Gasteiger partial charge in [0.1, 0.15) is 0 Å². The largest absolute Gasteiger partial charge is 0.394 e. The van der Waals surface area contributed by atoms with Crippen LogP contribution in [0, 0.1) is 16.4 Å². The van der Waals surface area contributed by atoms with Crippen LogP contribution in [0.3, 0.4) is 0 Å². The number of rotatable bonds is 2. The van der Waals surface area contributed by atoms with Gasteiger partial charge in [0.15, 0.2) is 0 Å². The Morgan fingerprint density at radius 1 is 0.957 bits per heavy atom. The molecule has 0 saturated heterocycles. The van der Waals surface area contributed by atoms with Crippen LogP contribution in [0.15, 0.2) is 54.6 Å². The molecule has 2 aromatic carbocycles. The van der Waals surface area contributed by atoms with Crippen LogP contribution < -0.4 is 0 Å². The van der Waals surface area contributed by atoms with Crippen molar-refractivity contribution >= 4 is 33.0 Å². The van der Waals surface area contributed by atoms with Gasteiger partial charge in [-0.15, -0.1) is 0 Å². The van der Waals surface area contributed by atoms with Crippen molar-refractivity contribution in [1.82, 2.24) is 0 Å². The van der Waals surface area contributed by atoms with Crippen molar-refractivity contribution < 1.29 is 17.5 Å². The quantitative estimate of drug-likeness (QED) is 0.508. The highest BCUT2D eigenvalue weighted by Gasteiger charge is 1.96. The number of halogens is 1. The summed E-state index contributed by atoms with van der Waals surface area (Å²) in [6, 6.07) is 19.0. The molecule has 0 unspecified atom stereocenters.